The van der Waals surface area contributed by atoms with Crippen LogP contribution in [0.1, 0.15) is 43.7 Å². The Kier molecular flexibility index (Phi) is 4.02. The molecule has 5 nitrogen and oxygen atoms in total. The molecule has 1 aliphatic rings. The summed E-state index contributed by atoms with van der Waals surface area (Å²) in [5, 5.41) is 23.1. The molecule has 0 aliphatic heterocycles. The van der Waals surface area contributed by atoms with Crippen LogP contribution in [0.15, 0.2) is 6.20 Å². The van der Waals surface area contributed by atoms with Gasteiger partial charge in [-0.3, -0.25) is 0 Å². The SMILES string of the molecule is Nc1c(CCCO)cnn1C1CCCCC1O. The molecule has 0 aromatic carbocycles. The molecular formula is C12H21N3O2. The highest BCUT2D eigenvalue weighted by Gasteiger charge is 2.27. The van der Waals surface area contributed by atoms with Crippen LogP contribution < -0.4 is 5.73 Å². The van der Waals surface area contributed by atoms with Gasteiger partial charge in [-0.2, -0.15) is 5.10 Å². The molecule has 96 valence electrons. The molecule has 1 aromatic heterocycles. The second-order valence-corrected chi connectivity index (χ2v) is 4.75. The van der Waals surface area contributed by atoms with Crippen molar-refractivity contribution in [2.45, 2.75) is 50.7 Å². The number of aliphatic hydroxyl groups is 2. The number of aromatic nitrogens is 2. The van der Waals surface area contributed by atoms with Crippen molar-refractivity contribution < 1.29 is 10.2 Å². The van der Waals surface area contributed by atoms with E-state index < -0.39 is 0 Å². The molecule has 5 heteroatoms. The first kappa shape index (κ1) is 12.4. The Balaban J connectivity index is 2.12. The van der Waals surface area contributed by atoms with Crippen LogP contribution in [-0.4, -0.2) is 32.7 Å². The molecule has 1 saturated carbocycles. The Morgan fingerprint density at radius 3 is 2.88 bits per heavy atom. The average Bonchev–Trinajstić information content (AvgIpc) is 2.69. The maximum Gasteiger partial charge on any atom is 0.125 e. The van der Waals surface area contributed by atoms with E-state index in [-0.39, 0.29) is 18.8 Å². The van der Waals surface area contributed by atoms with Gasteiger partial charge in [0.15, 0.2) is 0 Å². The van der Waals surface area contributed by atoms with E-state index in [1.807, 2.05) is 0 Å². The minimum absolute atomic E-state index is 0.0200. The highest BCUT2D eigenvalue weighted by molar-refractivity contribution is 5.39. The number of nitrogen functional groups attached to an aromatic ring is 1. The third-order valence-corrected chi connectivity index (χ3v) is 3.53. The summed E-state index contributed by atoms with van der Waals surface area (Å²) in [7, 11) is 0. The van der Waals surface area contributed by atoms with Crippen LogP contribution in [0.2, 0.25) is 0 Å². The monoisotopic (exact) mass is 239 g/mol. The predicted octanol–water partition coefficient (Wildman–Crippen LogP) is 0.866. The summed E-state index contributed by atoms with van der Waals surface area (Å²) in [5.74, 6) is 0.643. The van der Waals surface area contributed by atoms with Gasteiger partial charge in [-0.1, -0.05) is 12.8 Å². The molecule has 2 rings (SSSR count). The number of hydrogen-bond donors (Lipinski definition) is 3. The number of nitrogens with zero attached hydrogens (tertiary/aromatic N) is 2. The van der Waals surface area contributed by atoms with Crippen molar-refractivity contribution in [3.05, 3.63) is 11.8 Å². The van der Waals surface area contributed by atoms with Gasteiger partial charge >= 0.3 is 0 Å². The maximum absolute atomic E-state index is 9.98. The van der Waals surface area contributed by atoms with Crippen LogP contribution in [-0.2, 0) is 6.42 Å². The second kappa shape index (κ2) is 5.51. The lowest BCUT2D eigenvalue weighted by atomic mass is 9.93. The van der Waals surface area contributed by atoms with Crippen LogP contribution in [0, 0.1) is 0 Å². The van der Waals surface area contributed by atoms with Crippen LogP contribution in [0.4, 0.5) is 5.82 Å². The topological polar surface area (TPSA) is 84.3 Å². The zero-order valence-corrected chi connectivity index (χ0v) is 10.0. The summed E-state index contributed by atoms with van der Waals surface area (Å²) in [5.41, 5.74) is 7.01. The molecule has 2 unspecified atom stereocenters. The quantitative estimate of drug-likeness (QED) is 0.727. The van der Waals surface area contributed by atoms with E-state index in [1.54, 1.807) is 10.9 Å². The maximum atomic E-state index is 9.98. The zero-order chi connectivity index (χ0) is 12.3. The van der Waals surface area contributed by atoms with E-state index >= 15 is 0 Å². The molecular weight excluding hydrogens is 218 g/mol. The normalized spacial score (nSPS) is 25.1. The molecule has 0 amide bonds. The van der Waals surface area contributed by atoms with E-state index in [2.05, 4.69) is 5.10 Å². The minimum Gasteiger partial charge on any atom is -0.396 e. The van der Waals surface area contributed by atoms with Gasteiger partial charge in [0, 0.05) is 12.2 Å². The Labute approximate surface area is 101 Å². The van der Waals surface area contributed by atoms with Crippen molar-refractivity contribution in [2.24, 2.45) is 0 Å². The van der Waals surface area contributed by atoms with Gasteiger partial charge in [-0.05, 0) is 25.7 Å². The summed E-state index contributed by atoms with van der Waals surface area (Å²) in [6.45, 7) is 0.163. The number of nitrogens with two attached hydrogens (primary N) is 1. The summed E-state index contributed by atoms with van der Waals surface area (Å²) >= 11 is 0. The first-order valence-corrected chi connectivity index (χ1v) is 6.35. The van der Waals surface area contributed by atoms with E-state index in [4.69, 9.17) is 10.8 Å². The molecule has 1 aromatic rings. The van der Waals surface area contributed by atoms with E-state index in [0.29, 0.717) is 12.2 Å². The number of aliphatic hydroxyl groups excluding tert-OH is 2. The minimum atomic E-state index is -0.336. The third-order valence-electron chi connectivity index (χ3n) is 3.53. The van der Waals surface area contributed by atoms with Crippen molar-refractivity contribution in [3.63, 3.8) is 0 Å². The molecule has 0 radical (unpaired) electrons. The molecule has 0 bridgehead atoms. The number of rotatable bonds is 4. The Hall–Kier alpha value is -1.07. The lowest BCUT2D eigenvalue weighted by Gasteiger charge is -2.28. The molecule has 2 atom stereocenters. The van der Waals surface area contributed by atoms with Gasteiger partial charge in [0.1, 0.15) is 5.82 Å². The van der Waals surface area contributed by atoms with Crippen LogP contribution in [0.5, 0.6) is 0 Å². The van der Waals surface area contributed by atoms with Crippen LogP contribution >= 0.6 is 0 Å². The molecule has 1 fully saturated rings. The van der Waals surface area contributed by atoms with Crippen LogP contribution in [0.3, 0.4) is 0 Å². The van der Waals surface area contributed by atoms with Gasteiger partial charge in [-0.25, -0.2) is 4.68 Å². The smallest absolute Gasteiger partial charge is 0.125 e. The third kappa shape index (κ3) is 2.61. The largest absolute Gasteiger partial charge is 0.396 e. The lowest BCUT2D eigenvalue weighted by Crippen LogP contribution is -2.29. The van der Waals surface area contributed by atoms with E-state index in [1.165, 1.54) is 0 Å². The molecule has 1 heterocycles. The van der Waals surface area contributed by atoms with Gasteiger partial charge < -0.3 is 15.9 Å². The van der Waals surface area contributed by atoms with Gasteiger partial charge in [0.05, 0.1) is 18.3 Å². The standard InChI is InChI=1S/C12H21N3O2/c13-12-9(4-3-7-16)8-14-15(12)10-5-1-2-6-11(10)17/h8,10-11,16-17H,1-7,13H2. The first-order valence-electron chi connectivity index (χ1n) is 6.35. The first-order chi connectivity index (χ1) is 8.24. The number of anilines is 1. The lowest BCUT2D eigenvalue weighted by molar-refractivity contribution is 0.0705. The van der Waals surface area contributed by atoms with Crippen molar-refractivity contribution in [1.82, 2.24) is 9.78 Å². The summed E-state index contributed by atoms with van der Waals surface area (Å²) < 4.78 is 1.76. The van der Waals surface area contributed by atoms with Gasteiger partial charge in [0.25, 0.3) is 0 Å². The Morgan fingerprint density at radius 1 is 1.41 bits per heavy atom. The van der Waals surface area contributed by atoms with Gasteiger partial charge in [0.2, 0.25) is 0 Å². The van der Waals surface area contributed by atoms with Gasteiger partial charge in [-0.15, -0.1) is 0 Å². The van der Waals surface area contributed by atoms with Crippen molar-refractivity contribution in [3.8, 4) is 0 Å². The fourth-order valence-electron chi connectivity index (χ4n) is 2.51. The second-order valence-electron chi connectivity index (χ2n) is 4.75. The van der Waals surface area contributed by atoms with Crippen molar-refractivity contribution in [1.29, 1.82) is 0 Å². The Morgan fingerprint density at radius 2 is 2.18 bits per heavy atom. The number of aryl methyl sites for hydroxylation is 1. The molecule has 17 heavy (non-hydrogen) atoms. The van der Waals surface area contributed by atoms with Crippen molar-refractivity contribution >= 4 is 5.82 Å². The highest BCUT2D eigenvalue weighted by atomic mass is 16.3. The van der Waals surface area contributed by atoms with Crippen molar-refractivity contribution in [2.75, 3.05) is 12.3 Å². The summed E-state index contributed by atoms with van der Waals surface area (Å²) in [6, 6.07) is 0.0200. The summed E-state index contributed by atoms with van der Waals surface area (Å²) in [4.78, 5) is 0. The zero-order valence-electron chi connectivity index (χ0n) is 10.0. The Bertz CT molecular complexity index is 365. The number of hydrogen-bond acceptors (Lipinski definition) is 4. The average molecular weight is 239 g/mol. The van der Waals surface area contributed by atoms with E-state index in [0.717, 1.165) is 37.7 Å². The molecule has 1 aliphatic carbocycles. The van der Waals surface area contributed by atoms with Crippen LogP contribution in [0.25, 0.3) is 0 Å². The predicted molar refractivity (Wildman–Crippen MR) is 65.6 cm³/mol. The fourth-order valence-corrected chi connectivity index (χ4v) is 2.51. The molecule has 0 spiro atoms. The summed E-state index contributed by atoms with van der Waals surface area (Å²) in [6.07, 6.45) is 6.82. The molecule has 4 N–H and O–H groups in total. The highest BCUT2D eigenvalue weighted by Crippen LogP contribution is 2.31. The fraction of sp³-hybridized carbons (Fsp3) is 0.750. The molecule has 0 saturated heterocycles. The van der Waals surface area contributed by atoms with E-state index in [9.17, 15) is 5.11 Å².